The third kappa shape index (κ3) is 4.84. The van der Waals surface area contributed by atoms with Gasteiger partial charge in [0.2, 0.25) is 0 Å². The summed E-state index contributed by atoms with van der Waals surface area (Å²) in [4.78, 5) is 23.8. The standard InChI is InChI=1S/C20H20N2O5/c1-25-16-8-6-14(7-9-16)19(23)22-21-12-13-3-10-17(18(11-13)26-2)27-20(24)15-4-5-15/h3,6-12,15H,4-5H2,1-2H3,(H,22,23)/b21-12-. The van der Waals surface area contributed by atoms with E-state index in [1.165, 1.54) is 13.3 Å². The maximum Gasteiger partial charge on any atom is 0.314 e. The zero-order valence-electron chi connectivity index (χ0n) is 15.1. The molecule has 1 aliphatic rings. The molecule has 0 heterocycles. The molecule has 0 bridgehead atoms. The number of methoxy groups -OCH3 is 2. The molecule has 0 aliphatic heterocycles. The molecule has 0 spiro atoms. The number of hydrazone groups is 1. The molecule has 0 saturated heterocycles. The van der Waals surface area contributed by atoms with Crippen molar-refractivity contribution in [2.45, 2.75) is 12.8 Å². The molecule has 1 saturated carbocycles. The van der Waals surface area contributed by atoms with Crippen LogP contribution < -0.4 is 19.6 Å². The number of nitrogens with one attached hydrogen (secondary N) is 1. The lowest BCUT2D eigenvalue weighted by molar-refractivity contribution is -0.135. The van der Waals surface area contributed by atoms with Crippen LogP contribution in [0.25, 0.3) is 0 Å². The van der Waals surface area contributed by atoms with Crippen molar-refractivity contribution in [1.82, 2.24) is 5.43 Å². The molecule has 7 nitrogen and oxygen atoms in total. The van der Waals surface area contributed by atoms with Gasteiger partial charge in [0, 0.05) is 5.56 Å². The summed E-state index contributed by atoms with van der Waals surface area (Å²) in [6.07, 6.45) is 3.23. The first kappa shape index (κ1) is 18.4. The van der Waals surface area contributed by atoms with Gasteiger partial charge in [-0.15, -0.1) is 0 Å². The Balaban J connectivity index is 1.61. The van der Waals surface area contributed by atoms with Crippen molar-refractivity contribution >= 4 is 18.1 Å². The van der Waals surface area contributed by atoms with Gasteiger partial charge in [-0.1, -0.05) is 0 Å². The molecule has 3 rings (SSSR count). The number of esters is 1. The highest BCUT2D eigenvalue weighted by atomic mass is 16.6. The van der Waals surface area contributed by atoms with Crippen molar-refractivity contribution < 1.29 is 23.8 Å². The van der Waals surface area contributed by atoms with Crippen LogP contribution in [-0.4, -0.2) is 32.3 Å². The lowest BCUT2D eigenvalue weighted by Gasteiger charge is -2.09. The number of hydrogen-bond acceptors (Lipinski definition) is 6. The minimum atomic E-state index is -0.337. The molecule has 1 N–H and O–H groups in total. The number of nitrogens with zero attached hydrogens (tertiary/aromatic N) is 1. The second kappa shape index (κ2) is 8.35. The summed E-state index contributed by atoms with van der Waals surface area (Å²) in [6, 6.07) is 11.7. The van der Waals surface area contributed by atoms with Crippen LogP contribution in [0, 0.1) is 5.92 Å². The lowest BCUT2D eigenvalue weighted by Crippen LogP contribution is -2.17. The van der Waals surface area contributed by atoms with E-state index < -0.39 is 0 Å². The third-order valence-corrected chi connectivity index (χ3v) is 4.04. The highest BCUT2D eigenvalue weighted by Gasteiger charge is 2.32. The van der Waals surface area contributed by atoms with E-state index in [0.717, 1.165) is 12.8 Å². The molecule has 1 fully saturated rings. The van der Waals surface area contributed by atoms with Gasteiger partial charge in [0.05, 0.1) is 26.4 Å². The molecule has 27 heavy (non-hydrogen) atoms. The van der Waals surface area contributed by atoms with E-state index in [1.807, 2.05) is 0 Å². The zero-order chi connectivity index (χ0) is 19.2. The van der Waals surface area contributed by atoms with E-state index in [4.69, 9.17) is 14.2 Å². The van der Waals surface area contributed by atoms with Crippen molar-refractivity contribution in [1.29, 1.82) is 0 Å². The van der Waals surface area contributed by atoms with Crippen LogP contribution in [0.4, 0.5) is 0 Å². The van der Waals surface area contributed by atoms with E-state index in [2.05, 4.69) is 10.5 Å². The molecule has 0 unspecified atom stereocenters. The smallest absolute Gasteiger partial charge is 0.314 e. The Morgan fingerprint density at radius 1 is 1.04 bits per heavy atom. The van der Waals surface area contributed by atoms with E-state index >= 15 is 0 Å². The number of benzene rings is 2. The van der Waals surface area contributed by atoms with Crippen molar-refractivity contribution in [2.24, 2.45) is 11.0 Å². The number of rotatable bonds is 7. The predicted molar refractivity (Wildman–Crippen MR) is 99.4 cm³/mol. The summed E-state index contributed by atoms with van der Waals surface area (Å²) in [6.45, 7) is 0. The summed E-state index contributed by atoms with van der Waals surface area (Å²) < 4.78 is 15.7. The van der Waals surface area contributed by atoms with E-state index in [0.29, 0.717) is 28.4 Å². The van der Waals surface area contributed by atoms with Gasteiger partial charge in [0.1, 0.15) is 5.75 Å². The lowest BCUT2D eigenvalue weighted by atomic mass is 10.2. The van der Waals surface area contributed by atoms with Gasteiger partial charge in [0.25, 0.3) is 5.91 Å². The van der Waals surface area contributed by atoms with Crippen LogP contribution in [0.15, 0.2) is 47.6 Å². The molecule has 1 amide bonds. The first-order chi connectivity index (χ1) is 13.1. The van der Waals surface area contributed by atoms with Crippen LogP contribution in [0.5, 0.6) is 17.2 Å². The maximum absolute atomic E-state index is 12.1. The molecule has 2 aromatic rings. The Hall–Kier alpha value is -3.35. The number of hydrogen-bond donors (Lipinski definition) is 1. The largest absolute Gasteiger partial charge is 0.497 e. The molecule has 0 aromatic heterocycles. The van der Waals surface area contributed by atoms with E-state index in [-0.39, 0.29) is 17.8 Å². The molecule has 7 heteroatoms. The monoisotopic (exact) mass is 368 g/mol. The quantitative estimate of drug-likeness (QED) is 0.351. The zero-order valence-corrected chi connectivity index (χ0v) is 15.1. The number of carbonyl (C=O) groups is 2. The van der Waals surface area contributed by atoms with Gasteiger partial charge in [-0.25, -0.2) is 5.43 Å². The SMILES string of the molecule is COc1ccc(C(=O)N/N=C\c2ccc(OC(=O)C3CC3)c(OC)c2)cc1. The summed E-state index contributed by atoms with van der Waals surface area (Å²) >= 11 is 0. The minimum absolute atomic E-state index is 0.00381. The van der Waals surface area contributed by atoms with Crippen molar-refractivity contribution in [3.05, 3.63) is 53.6 Å². The Labute approximate surface area is 156 Å². The molecule has 2 aromatic carbocycles. The number of carbonyl (C=O) groups excluding carboxylic acids is 2. The highest BCUT2D eigenvalue weighted by Crippen LogP contribution is 2.34. The fourth-order valence-corrected chi connectivity index (χ4v) is 2.33. The first-order valence-electron chi connectivity index (χ1n) is 8.48. The molecular weight excluding hydrogens is 348 g/mol. The van der Waals surface area contributed by atoms with Crippen LogP contribution >= 0.6 is 0 Å². The maximum atomic E-state index is 12.1. The molecule has 0 radical (unpaired) electrons. The Morgan fingerprint density at radius 2 is 1.78 bits per heavy atom. The van der Waals surface area contributed by atoms with Crippen LogP contribution in [0.3, 0.4) is 0 Å². The second-order valence-electron chi connectivity index (χ2n) is 6.03. The average molecular weight is 368 g/mol. The van der Waals surface area contributed by atoms with E-state index in [9.17, 15) is 9.59 Å². The molecule has 1 aliphatic carbocycles. The normalized spacial score (nSPS) is 13.3. The van der Waals surface area contributed by atoms with Gasteiger partial charge in [-0.05, 0) is 60.9 Å². The molecule has 0 atom stereocenters. The number of ether oxygens (including phenoxy) is 3. The average Bonchev–Trinajstić information content (AvgIpc) is 3.54. The van der Waals surface area contributed by atoms with Gasteiger partial charge < -0.3 is 14.2 Å². The van der Waals surface area contributed by atoms with Crippen LogP contribution in [0.2, 0.25) is 0 Å². The topological polar surface area (TPSA) is 86.2 Å². The first-order valence-corrected chi connectivity index (χ1v) is 8.48. The van der Waals surface area contributed by atoms with E-state index in [1.54, 1.807) is 49.6 Å². The predicted octanol–water partition coefficient (Wildman–Crippen LogP) is 2.78. The van der Waals surface area contributed by atoms with Gasteiger partial charge in [-0.2, -0.15) is 5.10 Å². The van der Waals surface area contributed by atoms with Crippen LogP contribution in [-0.2, 0) is 4.79 Å². The fraction of sp³-hybridized carbons (Fsp3) is 0.250. The number of amides is 1. The summed E-state index contributed by atoms with van der Waals surface area (Å²) in [5, 5.41) is 3.95. The van der Waals surface area contributed by atoms with Crippen LogP contribution in [0.1, 0.15) is 28.8 Å². The fourth-order valence-electron chi connectivity index (χ4n) is 2.33. The Morgan fingerprint density at radius 3 is 2.41 bits per heavy atom. The van der Waals surface area contributed by atoms with Gasteiger partial charge >= 0.3 is 5.97 Å². The van der Waals surface area contributed by atoms with Gasteiger partial charge in [0.15, 0.2) is 11.5 Å². The van der Waals surface area contributed by atoms with Crippen molar-refractivity contribution in [3.63, 3.8) is 0 Å². The Kier molecular flexibility index (Phi) is 5.71. The minimum Gasteiger partial charge on any atom is -0.497 e. The van der Waals surface area contributed by atoms with Crippen molar-refractivity contribution in [2.75, 3.05) is 14.2 Å². The molecular formula is C20H20N2O5. The summed E-state index contributed by atoms with van der Waals surface area (Å²) in [5.74, 6) is 0.898. The molecule has 140 valence electrons. The Bertz CT molecular complexity index is 857. The van der Waals surface area contributed by atoms with Crippen molar-refractivity contribution in [3.8, 4) is 17.2 Å². The summed E-state index contributed by atoms with van der Waals surface area (Å²) in [7, 11) is 3.06. The summed E-state index contributed by atoms with van der Waals surface area (Å²) in [5.41, 5.74) is 3.61. The van der Waals surface area contributed by atoms with Gasteiger partial charge in [-0.3, -0.25) is 9.59 Å². The highest BCUT2D eigenvalue weighted by molar-refractivity contribution is 5.95. The third-order valence-electron chi connectivity index (χ3n) is 4.04. The second-order valence-corrected chi connectivity index (χ2v) is 6.03.